The predicted octanol–water partition coefficient (Wildman–Crippen LogP) is 2.43. The Balaban J connectivity index is 2.30. The monoisotopic (exact) mass is 213 g/mol. The van der Waals surface area contributed by atoms with Crippen LogP contribution in [0.3, 0.4) is 0 Å². The highest BCUT2D eigenvalue weighted by Gasteiger charge is 2.14. The molecule has 0 amide bonds. The van der Waals surface area contributed by atoms with Crippen molar-refractivity contribution in [3.8, 4) is 0 Å². The van der Waals surface area contributed by atoms with Gasteiger partial charge in [0, 0.05) is 13.2 Å². The molecule has 2 unspecified atom stereocenters. The van der Waals surface area contributed by atoms with Crippen molar-refractivity contribution in [2.75, 3.05) is 7.11 Å². The van der Waals surface area contributed by atoms with E-state index in [4.69, 9.17) is 10.5 Å². The molecule has 0 saturated carbocycles. The predicted molar refractivity (Wildman–Crippen MR) is 61.7 cm³/mol. The Labute approximate surface area is 90.1 Å². The summed E-state index contributed by atoms with van der Waals surface area (Å²) < 4.78 is 5.31. The van der Waals surface area contributed by atoms with Crippen molar-refractivity contribution in [3.63, 3.8) is 0 Å². The summed E-state index contributed by atoms with van der Waals surface area (Å²) in [5, 5.41) is 4.29. The van der Waals surface area contributed by atoms with Crippen LogP contribution in [-0.2, 0) is 11.2 Å². The maximum Gasteiger partial charge on any atom is 0.0719 e. The molecule has 3 heteroatoms. The Morgan fingerprint density at radius 2 is 2.36 bits per heavy atom. The van der Waals surface area contributed by atoms with Crippen LogP contribution in [0.5, 0.6) is 0 Å². The number of hydrogen-bond acceptors (Lipinski definition) is 3. The van der Waals surface area contributed by atoms with E-state index >= 15 is 0 Å². The van der Waals surface area contributed by atoms with Crippen molar-refractivity contribution in [3.05, 3.63) is 22.4 Å². The maximum absolute atomic E-state index is 6.03. The molecule has 0 aromatic carbocycles. The summed E-state index contributed by atoms with van der Waals surface area (Å²) in [6, 6.07) is 2.32. The first-order valence-corrected chi connectivity index (χ1v) is 6.01. The zero-order chi connectivity index (χ0) is 10.4. The second kappa shape index (κ2) is 6.17. The average Bonchev–Trinajstić information content (AvgIpc) is 2.69. The third-order valence-corrected chi connectivity index (χ3v) is 3.26. The van der Waals surface area contributed by atoms with E-state index in [0.717, 1.165) is 19.3 Å². The molecule has 1 rings (SSSR count). The lowest BCUT2D eigenvalue weighted by Crippen LogP contribution is -2.36. The highest BCUT2D eigenvalue weighted by Crippen LogP contribution is 2.12. The molecule has 0 aliphatic heterocycles. The van der Waals surface area contributed by atoms with Gasteiger partial charge in [0.1, 0.15) is 0 Å². The second-order valence-electron chi connectivity index (χ2n) is 3.52. The lowest BCUT2D eigenvalue weighted by Gasteiger charge is -2.20. The van der Waals surface area contributed by atoms with Gasteiger partial charge in [-0.1, -0.05) is 6.92 Å². The number of ether oxygens (including phenoxy) is 1. The van der Waals surface area contributed by atoms with Crippen molar-refractivity contribution in [1.29, 1.82) is 0 Å². The SMILES string of the molecule is CCC(OC)C(N)CCc1ccsc1. The van der Waals surface area contributed by atoms with Gasteiger partial charge in [-0.15, -0.1) is 0 Å². The van der Waals surface area contributed by atoms with Gasteiger partial charge in [0.2, 0.25) is 0 Å². The van der Waals surface area contributed by atoms with Gasteiger partial charge in [-0.05, 0) is 41.7 Å². The molecular formula is C11H19NOS. The first-order valence-electron chi connectivity index (χ1n) is 5.07. The van der Waals surface area contributed by atoms with Gasteiger partial charge in [-0.2, -0.15) is 11.3 Å². The third kappa shape index (κ3) is 3.40. The number of aryl methyl sites for hydroxylation is 1. The first kappa shape index (κ1) is 11.7. The zero-order valence-corrected chi connectivity index (χ0v) is 9.72. The smallest absolute Gasteiger partial charge is 0.0719 e. The Hall–Kier alpha value is -0.380. The Morgan fingerprint density at radius 1 is 1.57 bits per heavy atom. The van der Waals surface area contributed by atoms with Crippen LogP contribution in [0.2, 0.25) is 0 Å². The van der Waals surface area contributed by atoms with Gasteiger partial charge >= 0.3 is 0 Å². The normalized spacial score (nSPS) is 15.4. The highest BCUT2D eigenvalue weighted by molar-refractivity contribution is 7.07. The highest BCUT2D eigenvalue weighted by atomic mass is 32.1. The summed E-state index contributed by atoms with van der Waals surface area (Å²) in [5.74, 6) is 0. The zero-order valence-electron chi connectivity index (χ0n) is 8.90. The summed E-state index contributed by atoms with van der Waals surface area (Å²) >= 11 is 1.74. The fourth-order valence-electron chi connectivity index (χ4n) is 1.60. The summed E-state index contributed by atoms with van der Waals surface area (Å²) in [4.78, 5) is 0. The van der Waals surface area contributed by atoms with E-state index < -0.39 is 0 Å². The third-order valence-electron chi connectivity index (χ3n) is 2.53. The molecule has 14 heavy (non-hydrogen) atoms. The van der Waals surface area contributed by atoms with Crippen LogP contribution in [0.1, 0.15) is 25.3 Å². The van der Waals surface area contributed by atoms with Gasteiger partial charge < -0.3 is 10.5 Å². The van der Waals surface area contributed by atoms with Crippen molar-refractivity contribution >= 4 is 11.3 Å². The van der Waals surface area contributed by atoms with Gasteiger partial charge in [-0.3, -0.25) is 0 Å². The number of nitrogens with two attached hydrogens (primary N) is 1. The molecular weight excluding hydrogens is 194 g/mol. The van der Waals surface area contributed by atoms with E-state index in [-0.39, 0.29) is 12.1 Å². The Kier molecular flexibility index (Phi) is 5.15. The van der Waals surface area contributed by atoms with Crippen LogP contribution >= 0.6 is 11.3 Å². The van der Waals surface area contributed by atoms with E-state index in [1.807, 2.05) is 0 Å². The quantitative estimate of drug-likeness (QED) is 0.787. The molecule has 1 heterocycles. The van der Waals surface area contributed by atoms with Crippen LogP contribution < -0.4 is 5.73 Å². The lowest BCUT2D eigenvalue weighted by molar-refractivity contribution is 0.0749. The molecule has 2 N–H and O–H groups in total. The standard InChI is InChI=1S/C11H19NOS/c1-3-11(13-2)10(12)5-4-9-6-7-14-8-9/h6-8,10-11H,3-5,12H2,1-2H3. The molecule has 2 nitrogen and oxygen atoms in total. The largest absolute Gasteiger partial charge is 0.380 e. The molecule has 2 atom stereocenters. The van der Waals surface area contributed by atoms with Crippen molar-refractivity contribution in [1.82, 2.24) is 0 Å². The van der Waals surface area contributed by atoms with Crippen LogP contribution in [-0.4, -0.2) is 19.3 Å². The number of thiophene rings is 1. The first-order chi connectivity index (χ1) is 6.77. The van der Waals surface area contributed by atoms with Crippen LogP contribution in [0, 0.1) is 0 Å². The number of methoxy groups -OCH3 is 1. The molecule has 0 bridgehead atoms. The minimum absolute atomic E-state index is 0.157. The van der Waals surface area contributed by atoms with Crippen molar-refractivity contribution < 1.29 is 4.74 Å². The fraction of sp³-hybridized carbons (Fsp3) is 0.636. The lowest BCUT2D eigenvalue weighted by atomic mass is 10.0. The minimum atomic E-state index is 0.157. The minimum Gasteiger partial charge on any atom is -0.380 e. The summed E-state index contributed by atoms with van der Waals surface area (Å²) in [6.07, 6.45) is 3.25. The Bertz CT molecular complexity index is 231. The molecule has 0 aliphatic carbocycles. The van der Waals surface area contributed by atoms with E-state index in [1.54, 1.807) is 18.4 Å². The maximum atomic E-state index is 6.03. The molecule has 1 aromatic heterocycles. The number of hydrogen-bond donors (Lipinski definition) is 1. The molecule has 80 valence electrons. The van der Waals surface area contributed by atoms with E-state index in [9.17, 15) is 0 Å². The molecule has 0 radical (unpaired) electrons. The molecule has 0 spiro atoms. The number of rotatable bonds is 6. The van der Waals surface area contributed by atoms with E-state index in [2.05, 4.69) is 23.8 Å². The topological polar surface area (TPSA) is 35.2 Å². The summed E-state index contributed by atoms with van der Waals surface area (Å²) in [5.41, 5.74) is 7.42. The van der Waals surface area contributed by atoms with Gasteiger partial charge in [0.05, 0.1) is 6.10 Å². The average molecular weight is 213 g/mol. The molecule has 1 aromatic rings. The molecule has 0 fully saturated rings. The van der Waals surface area contributed by atoms with Crippen LogP contribution in [0.15, 0.2) is 16.8 Å². The second-order valence-corrected chi connectivity index (χ2v) is 4.30. The van der Waals surface area contributed by atoms with Crippen molar-refractivity contribution in [2.45, 2.75) is 38.3 Å². The summed E-state index contributed by atoms with van der Waals surface area (Å²) in [6.45, 7) is 2.11. The fourth-order valence-corrected chi connectivity index (χ4v) is 2.30. The van der Waals surface area contributed by atoms with E-state index in [0.29, 0.717) is 0 Å². The molecule has 0 saturated heterocycles. The summed E-state index contributed by atoms with van der Waals surface area (Å²) in [7, 11) is 1.73. The van der Waals surface area contributed by atoms with Crippen molar-refractivity contribution in [2.24, 2.45) is 5.73 Å². The van der Waals surface area contributed by atoms with Crippen LogP contribution in [0.4, 0.5) is 0 Å². The van der Waals surface area contributed by atoms with E-state index in [1.165, 1.54) is 5.56 Å². The van der Waals surface area contributed by atoms with Gasteiger partial charge in [0.25, 0.3) is 0 Å². The van der Waals surface area contributed by atoms with Crippen LogP contribution in [0.25, 0.3) is 0 Å². The van der Waals surface area contributed by atoms with Gasteiger partial charge in [0.15, 0.2) is 0 Å². The Morgan fingerprint density at radius 3 is 2.86 bits per heavy atom. The van der Waals surface area contributed by atoms with Gasteiger partial charge in [-0.25, -0.2) is 0 Å². The molecule has 0 aliphatic rings.